The summed E-state index contributed by atoms with van der Waals surface area (Å²) in [6.45, 7) is 1.94. The highest BCUT2D eigenvalue weighted by molar-refractivity contribution is 5.87. The van der Waals surface area contributed by atoms with Gasteiger partial charge in [0.2, 0.25) is 0 Å². The van der Waals surface area contributed by atoms with Crippen molar-refractivity contribution in [1.82, 2.24) is 19.3 Å². The first-order chi connectivity index (χ1) is 8.50. The zero-order chi connectivity index (χ0) is 13.3. The van der Waals surface area contributed by atoms with E-state index in [0.29, 0.717) is 11.5 Å². The number of carbonyl (C=O) groups is 1. The highest BCUT2D eigenvalue weighted by atomic mass is 16.4. The molecule has 0 bridgehead atoms. The molecule has 0 aliphatic heterocycles. The van der Waals surface area contributed by atoms with Crippen molar-refractivity contribution in [2.45, 2.75) is 13.5 Å². The van der Waals surface area contributed by atoms with E-state index in [4.69, 9.17) is 5.11 Å². The van der Waals surface area contributed by atoms with Crippen LogP contribution in [0, 0.1) is 6.92 Å². The molecule has 0 aliphatic rings. The molecule has 7 nitrogen and oxygen atoms in total. The quantitative estimate of drug-likeness (QED) is 0.827. The third kappa shape index (κ3) is 2.02. The highest BCUT2D eigenvalue weighted by Gasteiger charge is 2.13. The summed E-state index contributed by atoms with van der Waals surface area (Å²) in [5, 5.41) is 12.8. The number of carboxylic acid groups (broad SMARTS) is 1. The van der Waals surface area contributed by atoms with Gasteiger partial charge >= 0.3 is 5.97 Å². The first-order valence-electron chi connectivity index (χ1n) is 5.27. The number of hydrogen-bond donors (Lipinski definition) is 1. The molecule has 0 radical (unpaired) electrons. The second-order valence-electron chi connectivity index (χ2n) is 3.88. The van der Waals surface area contributed by atoms with Gasteiger partial charge in [-0.1, -0.05) is 0 Å². The molecule has 2 heterocycles. The van der Waals surface area contributed by atoms with E-state index in [9.17, 15) is 9.59 Å². The molecule has 0 spiro atoms. The number of hydrogen-bond acceptors (Lipinski definition) is 4. The molecule has 2 aromatic heterocycles. The van der Waals surface area contributed by atoms with Crippen LogP contribution >= 0.6 is 0 Å². The molecule has 0 saturated carbocycles. The SMILES string of the molecule is Cc1ccc(C(=O)O)c(=O)n1Cc1ncnn1C. The number of aromatic nitrogens is 4. The van der Waals surface area contributed by atoms with Gasteiger partial charge in [-0.05, 0) is 19.1 Å². The average Bonchev–Trinajstić information content (AvgIpc) is 2.69. The number of aromatic carboxylic acids is 1. The van der Waals surface area contributed by atoms with Gasteiger partial charge < -0.3 is 9.67 Å². The van der Waals surface area contributed by atoms with Crippen LogP contribution in [0.4, 0.5) is 0 Å². The predicted molar refractivity (Wildman–Crippen MR) is 62.5 cm³/mol. The molecular weight excluding hydrogens is 236 g/mol. The summed E-state index contributed by atoms with van der Waals surface area (Å²) in [4.78, 5) is 26.9. The summed E-state index contributed by atoms with van der Waals surface area (Å²) >= 11 is 0. The number of rotatable bonds is 3. The van der Waals surface area contributed by atoms with E-state index in [1.807, 2.05) is 0 Å². The Balaban J connectivity index is 2.51. The van der Waals surface area contributed by atoms with Crippen LogP contribution < -0.4 is 5.56 Å². The van der Waals surface area contributed by atoms with Crippen LogP contribution in [0.25, 0.3) is 0 Å². The third-order valence-electron chi connectivity index (χ3n) is 2.73. The zero-order valence-corrected chi connectivity index (χ0v) is 9.99. The van der Waals surface area contributed by atoms with Gasteiger partial charge in [0, 0.05) is 12.7 Å². The number of pyridine rings is 1. The lowest BCUT2D eigenvalue weighted by atomic mass is 10.2. The molecular formula is C11H12N4O3. The Kier molecular flexibility index (Phi) is 2.97. The van der Waals surface area contributed by atoms with E-state index < -0.39 is 11.5 Å². The van der Waals surface area contributed by atoms with Gasteiger partial charge in [0.1, 0.15) is 17.7 Å². The fraction of sp³-hybridized carbons (Fsp3) is 0.273. The maximum atomic E-state index is 12.0. The topological polar surface area (TPSA) is 90.0 Å². The summed E-state index contributed by atoms with van der Waals surface area (Å²) in [5.41, 5.74) is -0.110. The van der Waals surface area contributed by atoms with Crippen LogP contribution in [0.2, 0.25) is 0 Å². The first-order valence-corrected chi connectivity index (χ1v) is 5.27. The third-order valence-corrected chi connectivity index (χ3v) is 2.73. The molecule has 0 saturated heterocycles. The maximum Gasteiger partial charge on any atom is 0.341 e. The van der Waals surface area contributed by atoms with Crippen LogP contribution in [0.5, 0.6) is 0 Å². The van der Waals surface area contributed by atoms with Crippen molar-refractivity contribution in [1.29, 1.82) is 0 Å². The zero-order valence-electron chi connectivity index (χ0n) is 9.99. The fourth-order valence-electron chi connectivity index (χ4n) is 1.63. The van der Waals surface area contributed by atoms with Gasteiger partial charge in [0.05, 0.1) is 6.54 Å². The first kappa shape index (κ1) is 12.0. The van der Waals surface area contributed by atoms with Crippen molar-refractivity contribution < 1.29 is 9.90 Å². The van der Waals surface area contributed by atoms with E-state index in [1.54, 1.807) is 24.7 Å². The molecule has 0 amide bonds. The summed E-state index contributed by atoms with van der Waals surface area (Å²) < 4.78 is 2.91. The van der Waals surface area contributed by atoms with E-state index in [-0.39, 0.29) is 12.1 Å². The summed E-state index contributed by atoms with van der Waals surface area (Å²) in [5.74, 6) is -0.644. The fourth-order valence-corrected chi connectivity index (χ4v) is 1.63. The second-order valence-corrected chi connectivity index (χ2v) is 3.88. The standard InChI is InChI=1S/C11H12N4O3/c1-7-3-4-8(11(17)18)10(16)15(7)5-9-12-6-13-14(9)2/h3-4,6H,5H2,1-2H3,(H,17,18). The van der Waals surface area contributed by atoms with Crippen molar-refractivity contribution in [3.8, 4) is 0 Å². The van der Waals surface area contributed by atoms with Crippen LogP contribution in [0.1, 0.15) is 21.9 Å². The second kappa shape index (κ2) is 4.44. The molecule has 0 aromatic carbocycles. The number of nitrogens with zero attached hydrogens (tertiary/aromatic N) is 4. The monoisotopic (exact) mass is 248 g/mol. The molecule has 2 rings (SSSR count). The van der Waals surface area contributed by atoms with Gasteiger partial charge in [-0.25, -0.2) is 9.78 Å². The Labute approximate surface area is 102 Å². The van der Waals surface area contributed by atoms with E-state index in [2.05, 4.69) is 10.1 Å². The van der Waals surface area contributed by atoms with Gasteiger partial charge in [0.15, 0.2) is 0 Å². The van der Waals surface area contributed by atoms with Gasteiger partial charge in [-0.3, -0.25) is 9.48 Å². The van der Waals surface area contributed by atoms with Crippen LogP contribution in [0.15, 0.2) is 23.3 Å². The Morgan fingerprint density at radius 2 is 2.17 bits per heavy atom. The van der Waals surface area contributed by atoms with Crippen molar-refractivity contribution in [3.05, 3.63) is 45.9 Å². The largest absolute Gasteiger partial charge is 0.477 e. The lowest BCUT2D eigenvalue weighted by Crippen LogP contribution is -2.29. The summed E-state index contributed by atoms with van der Waals surface area (Å²) in [6, 6.07) is 2.91. The molecule has 0 aliphatic carbocycles. The van der Waals surface area contributed by atoms with Crippen molar-refractivity contribution in [2.75, 3.05) is 0 Å². The molecule has 0 unspecified atom stereocenters. The molecule has 0 atom stereocenters. The lowest BCUT2D eigenvalue weighted by Gasteiger charge is -2.09. The molecule has 18 heavy (non-hydrogen) atoms. The molecule has 7 heteroatoms. The Morgan fingerprint density at radius 1 is 1.44 bits per heavy atom. The average molecular weight is 248 g/mol. The smallest absolute Gasteiger partial charge is 0.341 e. The summed E-state index contributed by atoms with van der Waals surface area (Å²) in [7, 11) is 1.71. The minimum absolute atomic E-state index is 0.197. The molecule has 94 valence electrons. The molecule has 0 fully saturated rings. The van der Waals surface area contributed by atoms with Crippen LogP contribution in [-0.2, 0) is 13.6 Å². The van der Waals surface area contributed by atoms with Gasteiger partial charge in [-0.2, -0.15) is 5.10 Å². The maximum absolute atomic E-state index is 12.0. The minimum atomic E-state index is -1.23. The molecule has 2 aromatic rings. The van der Waals surface area contributed by atoms with Crippen LogP contribution in [-0.4, -0.2) is 30.4 Å². The Hall–Kier alpha value is -2.44. The van der Waals surface area contributed by atoms with E-state index in [1.165, 1.54) is 17.0 Å². The lowest BCUT2D eigenvalue weighted by molar-refractivity contribution is 0.0694. The van der Waals surface area contributed by atoms with Crippen molar-refractivity contribution in [3.63, 3.8) is 0 Å². The van der Waals surface area contributed by atoms with Crippen molar-refractivity contribution in [2.24, 2.45) is 7.05 Å². The minimum Gasteiger partial charge on any atom is -0.477 e. The van der Waals surface area contributed by atoms with Gasteiger partial charge in [-0.15, -0.1) is 0 Å². The van der Waals surface area contributed by atoms with Gasteiger partial charge in [0.25, 0.3) is 5.56 Å². The Morgan fingerprint density at radius 3 is 2.72 bits per heavy atom. The van der Waals surface area contributed by atoms with Crippen molar-refractivity contribution >= 4 is 5.97 Å². The Bertz CT molecular complexity index is 657. The highest BCUT2D eigenvalue weighted by Crippen LogP contribution is 2.02. The predicted octanol–water partition coefficient (Wildman–Crippen LogP) is 0.0317. The molecule has 1 N–H and O–H groups in total. The number of aryl methyl sites for hydroxylation is 2. The van der Waals surface area contributed by atoms with E-state index in [0.717, 1.165) is 0 Å². The van der Waals surface area contributed by atoms with Crippen LogP contribution in [0.3, 0.4) is 0 Å². The number of carboxylic acids is 1. The summed E-state index contributed by atoms with van der Waals surface area (Å²) in [6.07, 6.45) is 1.39. The van der Waals surface area contributed by atoms with E-state index >= 15 is 0 Å². The normalized spacial score (nSPS) is 10.6.